The number of carbonyl (C=O) groups is 1. The van der Waals surface area contributed by atoms with Crippen molar-refractivity contribution in [2.24, 2.45) is 0 Å². The summed E-state index contributed by atoms with van der Waals surface area (Å²) in [5.41, 5.74) is 0.719. The Morgan fingerprint density at radius 1 is 1.15 bits per heavy atom. The monoisotopic (exact) mass is 428 g/mol. The van der Waals surface area contributed by atoms with Gasteiger partial charge in [-0.25, -0.2) is 4.57 Å². The Morgan fingerprint density at radius 3 is 2.44 bits per heavy atom. The molecular weight excluding hydrogens is 407 g/mol. The summed E-state index contributed by atoms with van der Waals surface area (Å²) in [7, 11) is 1.51. The molecule has 0 saturated carbocycles. The van der Waals surface area contributed by atoms with E-state index < -0.39 is 6.80 Å². The van der Waals surface area contributed by atoms with Gasteiger partial charge in [0.15, 0.2) is 5.78 Å². The number of methoxy groups -OCH3 is 1. The minimum Gasteiger partial charge on any atom is -0.497 e. The molecule has 1 unspecified atom stereocenters. The lowest BCUT2D eigenvalue weighted by Gasteiger charge is -2.19. The molecule has 0 aliphatic heterocycles. The van der Waals surface area contributed by atoms with Gasteiger partial charge in [-0.15, -0.1) is 0 Å². The zero-order valence-corrected chi connectivity index (χ0v) is 17.9. The fraction of sp³-hybridized carbons (Fsp3) is 0.316. The summed E-state index contributed by atoms with van der Waals surface area (Å²) >= 11 is 7.01. The number of ether oxygens (including phenoxy) is 1. The highest BCUT2D eigenvalue weighted by Crippen LogP contribution is 2.60. The fourth-order valence-corrected chi connectivity index (χ4v) is 5.80. The third-order valence-electron chi connectivity index (χ3n) is 3.49. The van der Waals surface area contributed by atoms with Crippen LogP contribution in [0.2, 0.25) is 5.02 Å². The van der Waals surface area contributed by atoms with Crippen LogP contribution in [-0.2, 0) is 9.09 Å². The summed E-state index contributed by atoms with van der Waals surface area (Å²) in [6, 6.07) is 11.3. The molecule has 0 aliphatic rings. The van der Waals surface area contributed by atoms with Crippen LogP contribution in [0.15, 0.2) is 42.5 Å². The van der Waals surface area contributed by atoms with Gasteiger partial charge in [0, 0.05) is 22.4 Å². The molecule has 5 nitrogen and oxygen atoms in total. The molecule has 0 radical (unpaired) electrons. The molecule has 27 heavy (non-hydrogen) atoms. The molecule has 0 heterocycles. The van der Waals surface area contributed by atoms with Gasteiger partial charge in [0.1, 0.15) is 11.5 Å². The molecule has 8 heteroatoms. The van der Waals surface area contributed by atoms with E-state index in [1.165, 1.54) is 7.11 Å². The van der Waals surface area contributed by atoms with Crippen LogP contribution in [0, 0.1) is 0 Å². The van der Waals surface area contributed by atoms with Crippen molar-refractivity contribution >= 4 is 35.6 Å². The molecule has 0 amide bonds. The van der Waals surface area contributed by atoms with E-state index in [1.54, 1.807) is 49.4 Å². The summed E-state index contributed by atoms with van der Waals surface area (Å²) in [5, 5.41) is 0.537. The van der Waals surface area contributed by atoms with E-state index in [0.717, 1.165) is 17.8 Å². The van der Waals surface area contributed by atoms with Crippen molar-refractivity contribution in [1.29, 1.82) is 0 Å². The number of benzene rings is 2. The minimum atomic E-state index is -3.47. The van der Waals surface area contributed by atoms with Gasteiger partial charge in [-0.1, -0.05) is 18.5 Å². The van der Waals surface area contributed by atoms with Crippen LogP contribution >= 0.6 is 29.8 Å². The van der Waals surface area contributed by atoms with Crippen LogP contribution in [0.25, 0.3) is 0 Å². The Kier molecular flexibility index (Phi) is 8.24. The van der Waals surface area contributed by atoms with Crippen LogP contribution < -0.4 is 9.26 Å². The quantitative estimate of drug-likeness (QED) is 0.329. The Hall–Kier alpha value is -1.46. The van der Waals surface area contributed by atoms with Gasteiger partial charge in [0.2, 0.25) is 0 Å². The first kappa shape index (κ1) is 21.8. The van der Waals surface area contributed by atoms with Crippen LogP contribution in [0.1, 0.15) is 36.2 Å². The van der Waals surface area contributed by atoms with E-state index in [4.69, 9.17) is 25.4 Å². The van der Waals surface area contributed by atoms with Crippen molar-refractivity contribution < 1.29 is 23.1 Å². The molecule has 2 rings (SSSR count). The first-order valence-electron chi connectivity index (χ1n) is 8.49. The van der Waals surface area contributed by atoms with Gasteiger partial charge in [-0.05, 0) is 61.1 Å². The van der Waals surface area contributed by atoms with Crippen molar-refractivity contribution in [3.63, 3.8) is 0 Å². The Bertz CT molecular complexity index is 825. The summed E-state index contributed by atoms with van der Waals surface area (Å²) in [5.74, 6) is 0.991. The van der Waals surface area contributed by atoms with Gasteiger partial charge in [0.25, 0.3) is 0 Å². The number of hydrogen-bond acceptors (Lipinski definition) is 6. The molecule has 0 N–H and O–H groups in total. The molecule has 1 atom stereocenters. The van der Waals surface area contributed by atoms with E-state index in [1.807, 2.05) is 6.92 Å². The van der Waals surface area contributed by atoms with Crippen molar-refractivity contribution in [2.75, 3.05) is 19.5 Å². The van der Waals surface area contributed by atoms with Crippen LogP contribution in [-0.4, -0.2) is 25.3 Å². The summed E-state index contributed by atoms with van der Waals surface area (Å²) in [6.45, 7) is 0.489. The fourth-order valence-electron chi connectivity index (χ4n) is 2.22. The average Bonchev–Trinajstić information content (AvgIpc) is 2.66. The first-order valence-corrected chi connectivity index (χ1v) is 12.0. The second-order valence-corrected chi connectivity index (χ2v) is 10.0. The van der Waals surface area contributed by atoms with Crippen molar-refractivity contribution in [2.45, 2.75) is 20.3 Å². The van der Waals surface area contributed by atoms with Crippen molar-refractivity contribution in [3.05, 3.63) is 58.6 Å². The third-order valence-corrected chi connectivity index (χ3v) is 7.68. The zero-order valence-electron chi connectivity index (χ0n) is 15.4. The summed E-state index contributed by atoms with van der Waals surface area (Å²) in [4.78, 5) is 12.9. The van der Waals surface area contributed by atoms with Gasteiger partial charge >= 0.3 is 6.80 Å². The largest absolute Gasteiger partial charge is 0.497 e. The van der Waals surface area contributed by atoms with Gasteiger partial charge in [-0.2, -0.15) is 0 Å². The highest BCUT2D eigenvalue weighted by Gasteiger charge is 2.29. The van der Waals surface area contributed by atoms with Crippen molar-refractivity contribution in [3.8, 4) is 11.5 Å². The maximum Gasteiger partial charge on any atom is 0.440 e. The Morgan fingerprint density at radius 2 is 1.85 bits per heavy atom. The number of rotatable bonds is 10. The molecule has 2 aromatic rings. The lowest BCUT2D eigenvalue weighted by Crippen LogP contribution is -2.06. The van der Waals surface area contributed by atoms with Gasteiger partial charge < -0.3 is 9.26 Å². The predicted octanol–water partition coefficient (Wildman–Crippen LogP) is 6.25. The Labute approximate surface area is 168 Å². The van der Waals surface area contributed by atoms with Crippen LogP contribution in [0.3, 0.4) is 0 Å². The number of ketones is 1. The molecule has 0 aliphatic carbocycles. The van der Waals surface area contributed by atoms with E-state index in [-0.39, 0.29) is 23.7 Å². The second kappa shape index (κ2) is 10.2. The second-order valence-electron chi connectivity index (χ2n) is 5.49. The van der Waals surface area contributed by atoms with E-state index >= 15 is 0 Å². The minimum absolute atomic E-state index is 0.162. The number of halogens is 1. The number of hydrogen-bond donors (Lipinski definition) is 0. The smallest absolute Gasteiger partial charge is 0.440 e. The molecular formula is C19H22ClO5PS. The lowest BCUT2D eigenvalue weighted by molar-refractivity contribution is 0.103. The number of carbonyl (C=O) groups excluding carboxylic acids is 1. The maximum absolute atomic E-state index is 13.0. The van der Waals surface area contributed by atoms with Crippen LogP contribution in [0.5, 0.6) is 11.5 Å². The Balaban J connectivity index is 2.42. The molecule has 0 aromatic heterocycles. The lowest BCUT2D eigenvalue weighted by atomic mass is 10.0. The van der Waals surface area contributed by atoms with E-state index in [9.17, 15) is 9.36 Å². The van der Waals surface area contributed by atoms with E-state index in [2.05, 4.69) is 0 Å². The predicted molar refractivity (Wildman–Crippen MR) is 110 cm³/mol. The molecule has 2 aromatic carbocycles. The highest BCUT2D eigenvalue weighted by atomic mass is 35.5. The third kappa shape index (κ3) is 6.01. The van der Waals surface area contributed by atoms with E-state index in [0.29, 0.717) is 22.1 Å². The zero-order chi connectivity index (χ0) is 19.9. The molecule has 146 valence electrons. The van der Waals surface area contributed by atoms with Crippen molar-refractivity contribution in [1.82, 2.24) is 0 Å². The molecule has 0 bridgehead atoms. The standard InChI is InChI=1S/C19H22ClO5PS/c1-4-12-27-26(22,24-5-2)25-18-13-16(23-3)10-11-17(18)19(21)14-6-8-15(20)9-7-14/h6-11,13H,4-5,12H2,1-3H3. The topological polar surface area (TPSA) is 61.8 Å². The van der Waals surface area contributed by atoms with Gasteiger partial charge in [-0.3, -0.25) is 9.32 Å². The molecule has 0 spiro atoms. The van der Waals surface area contributed by atoms with Gasteiger partial charge in [0.05, 0.1) is 19.3 Å². The molecule has 0 saturated heterocycles. The SMILES string of the molecule is CCCSP(=O)(OCC)Oc1cc(OC)ccc1C(=O)c1ccc(Cl)cc1. The first-order chi connectivity index (χ1) is 12.9. The highest BCUT2D eigenvalue weighted by molar-refractivity contribution is 8.55. The summed E-state index contributed by atoms with van der Waals surface area (Å²) < 4.78 is 29.4. The maximum atomic E-state index is 13.0. The molecule has 0 fully saturated rings. The van der Waals surface area contributed by atoms with Crippen LogP contribution in [0.4, 0.5) is 0 Å². The normalized spacial score (nSPS) is 13.0. The average molecular weight is 429 g/mol. The summed E-state index contributed by atoms with van der Waals surface area (Å²) in [6.07, 6.45) is 0.819.